The van der Waals surface area contributed by atoms with Crippen molar-refractivity contribution in [3.63, 3.8) is 0 Å². The topological polar surface area (TPSA) is 37.3 Å². The van der Waals surface area contributed by atoms with E-state index in [-0.39, 0.29) is 0 Å². The molecule has 9 atom stereocenters. The lowest BCUT2D eigenvalue weighted by Gasteiger charge is -2.58. The summed E-state index contributed by atoms with van der Waals surface area (Å²) in [6.45, 7) is 10.1. The Hall–Kier alpha value is -0.530. The van der Waals surface area contributed by atoms with Crippen molar-refractivity contribution in [2.24, 2.45) is 52.3 Å². The predicted molar refractivity (Wildman–Crippen MR) is 106 cm³/mol. The zero-order valence-electron chi connectivity index (χ0n) is 17.5. The predicted octanol–water partition coefficient (Wildman–Crippen LogP) is 6.39. The minimum Gasteiger partial charge on any atom is -0.481 e. The first kappa shape index (κ1) is 18.8. The highest BCUT2D eigenvalue weighted by atomic mass is 16.4. The molecule has 0 saturated heterocycles. The van der Waals surface area contributed by atoms with E-state index in [1.165, 1.54) is 51.4 Å². The first-order chi connectivity index (χ1) is 12.3. The second kappa shape index (κ2) is 6.52. The number of carboxylic acid groups (broad SMARTS) is 1. The van der Waals surface area contributed by atoms with E-state index in [0.29, 0.717) is 23.2 Å². The number of carboxylic acids is 1. The van der Waals surface area contributed by atoms with Gasteiger partial charge in [-0.05, 0) is 110 Å². The number of aliphatic carboxylic acids is 1. The lowest BCUT2D eigenvalue weighted by atomic mass is 9.47. The van der Waals surface area contributed by atoms with Crippen LogP contribution in [-0.4, -0.2) is 11.1 Å². The van der Waals surface area contributed by atoms with Crippen molar-refractivity contribution in [3.05, 3.63) is 0 Å². The molecule has 5 unspecified atom stereocenters. The molecule has 2 heteroatoms. The van der Waals surface area contributed by atoms with Gasteiger partial charge in [-0.2, -0.15) is 0 Å². The van der Waals surface area contributed by atoms with E-state index in [4.69, 9.17) is 5.11 Å². The van der Waals surface area contributed by atoms with E-state index in [9.17, 15) is 4.79 Å². The fourth-order valence-electron chi connectivity index (χ4n) is 9.09. The molecule has 0 radical (unpaired) electrons. The summed E-state index contributed by atoms with van der Waals surface area (Å²) in [4.78, 5) is 11.0. The first-order valence-electron chi connectivity index (χ1n) is 11.5. The molecule has 4 rings (SSSR count). The fraction of sp³-hybridized carbons (Fsp3) is 0.958. The number of fused-ring (bicyclic) bond motifs is 5. The molecule has 0 aromatic heterocycles. The standard InChI is InChI=1S/C24H40O2/c1-15-13-17-6-7-18-20-9-8-19(16(2)5-10-22(25)26)23(20,3)12-11-21(18)24(17,4)14-15/h15-21H,5-14H2,1-4H3,(H,25,26)/t15-,16?,17+,18?,19-,20?,21?,23?,24+/m1/s1. The Kier molecular flexibility index (Phi) is 4.72. The molecule has 148 valence electrons. The van der Waals surface area contributed by atoms with Gasteiger partial charge in [0.1, 0.15) is 0 Å². The molecule has 0 aromatic rings. The van der Waals surface area contributed by atoms with Gasteiger partial charge in [-0.3, -0.25) is 4.79 Å². The van der Waals surface area contributed by atoms with Crippen LogP contribution >= 0.6 is 0 Å². The second-order valence-corrected chi connectivity index (χ2v) is 11.3. The zero-order valence-corrected chi connectivity index (χ0v) is 17.5. The SMILES string of the molecule is CC(CCC(=O)O)[C@H]1CCC2C3CC[C@H]4C[C@@H](C)C[C@]4(C)C3CCC21C. The Bertz CT molecular complexity index is 556. The van der Waals surface area contributed by atoms with Crippen LogP contribution < -0.4 is 0 Å². The Morgan fingerprint density at radius 2 is 1.81 bits per heavy atom. The van der Waals surface area contributed by atoms with Gasteiger partial charge in [-0.25, -0.2) is 0 Å². The molecule has 0 spiro atoms. The third-order valence-electron chi connectivity index (χ3n) is 10.1. The van der Waals surface area contributed by atoms with Gasteiger partial charge in [0, 0.05) is 6.42 Å². The third kappa shape index (κ3) is 2.76. The van der Waals surface area contributed by atoms with Gasteiger partial charge in [0.05, 0.1) is 0 Å². The molecular weight excluding hydrogens is 320 g/mol. The monoisotopic (exact) mass is 360 g/mol. The lowest BCUT2D eigenvalue weighted by Crippen LogP contribution is -2.50. The quantitative estimate of drug-likeness (QED) is 0.630. The van der Waals surface area contributed by atoms with E-state index in [2.05, 4.69) is 27.7 Å². The Balaban J connectivity index is 1.52. The van der Waals surface area contributed by atoms with Crippen LogP contribution in [0.1, 0.15) is 91.9 Å². The summed E-state index contributed by atoms with van der Waals surface area (Å²) in [6, 6.07) is 0. The van der Waals surface area contributed by atoms with Crippen LogP contribution in [0.15, 0.2) is 0 Å². The van der Waals surface area contributed by atoms with Gasteiger partial charge in [0.15, 0.2) is 0 Å². The Morgan fingerprint density at radius 3 is 2.54 bits per heavy atom. The maximum atomic E-state index is 11.0. The van der Waals surface area contributed by atoms with Crippen LogP contribution in [0.2, 0.25) is 0 Å². The summed E-state index contributed by atoms with van der Waals surface area (Å²) < 4.78 is 0. The van der Waals surface area contributed by atoms with Gasteiger partial charge in [-0.1, -0.05) is 27.7 Å². The minimum absolute atomic E-state index is 0.349. The van der Waals surface area contributed by atoms with Crippen LogP contribution in [0.5, 0.6) is 0 Å². The first-order valence-corrected chi connectivity index (χ1v) is 11.5. The van der Waals surface area contributed by atoms with Crippen molar-refractivity contribution < 1.29 is 9.90 Å². The molecule has 0 aliphatic heterocycles. The van der Waals surface area contributed by atoms with E-state index in [1.807, 2.05) is 0 Å². The molecule has 26 heavy (non-hydrogen) atoms. The van der Waals surface area contributed by atoms with Crippen LogP contribution in [0.4, 0.5) is 0 Å². The highest BCUT2D eigenvalue weighted by Crippen LogP contribution is 2.69. The van der Waals surface area contributed by atoms with Crippen molar-refractivity contribution in [3.8, 4) is 0 Å². The third-order valence-corrected chi connectivity index (χ3v) is 10.1. The van der Waals surface area contributed by atoms with Crippen LogP contribution in [0.25, 0.3) is 0 Å². The van der Waals surface area contributed by atoms with Gasteiger partial charge in [0.2, 0.25) is 0 Å². The Labute approximate surface area is 160 Å². The van der Waals surface area contributed by atoms with Crippen molar-refractivity contribution in [2.75, 3.05) is 0 Å². The number of hydrogen-bond acceptors (Lipinski definition) is 1. The summed E-state index contributed by atoms with van der Waals surface area (Å²) in [5, 5.41) is 9.09. The maximum Gasteiger partial charge on any atom is 0.303 e. The smallest absolute Gasteiger partial charge is 0.303 e. The van der Waals surface area contributed by atoms with Crippen molar-refractivity contribution in [2.45, 2.75) is 91.9 Å². The maximum absolute atomic E-state index is 11.0. The average Bonchev–Trinajstić information content (AvgIpc) is 3.07. The van der Waals surface area contributed by atoms with Crippen LogP contribution in [-0.2, 0) is 4.79 Å². The molecule has 0 heterocycles. The van der Waals surface area contributed by atoms with Gasteiger partial charge in [0.25, 0.3) is 0 Å². The molecule has 0 aromatic carbocycles. The normalized spacial score (nSPS) is 51.4. The van der Waals surface area contributed by atoms with Crippen molar-refractivity contribution >= 4 is 5.97 Å². The molecule has 4 fully saturated rings. The minimum atomic E-state index is -0.623. The molecule has 4 aliphatic rings. The number of rotatable bonds is 4. The zero-order chi connectivity index (χ0) is 18.7. The highest BCUT2D eigenvalue weighted by Gasteiger charge is 2.61. The van der Waals surface area contributed by atoms with Gasteiger partial charge in [-0.15, -0.1) is 0 Å². The van der Waals surface area contributed by atoms with E-state index in [0.717, 1.165) is 41.9 Å². The highest BCUT2D eigenvalue weighted by molar-refractivity contribution is 5.66. The summed E-state index contributed by atoms with van der Waals surface area (Å²) >= 11 is 0. The summed E-state index contributed by atoms with van der Waals surface area (Å²) in [5.74, 6) is 5.46. The lowest BCUT2D eigenvalue weighted by molar-refractivity contribution is -0.137. The molecular formula is C24H40O2. The molecule has 0 amide bonds. The van der Waals surface area contributed by atoms with Crippen LogP contribution in [0, 0.1) is 52.3 Å². The summed E-state index contributed by atoms with van der Waals surface area (Å²) in [5.41, 5.74) is 1.10. The van der Waals surface area contributed by atoms with Gasteiger partial charge < -0.3 is 5.11 Å². The molecule has 4 aliphatic carbocycles. The van der Waals surface area contributed by atoms with Crippen molar-refractivity contribution in [1.82, 2.24) is 0 Å². The van der Waals surface area contributed by atoms with E-state index < -0.39 is 5.97 Å². The summed E-state index contributed by atoms with van der Waals surface area (Å²) in [6.07, 6.45) is 12.7. The second-order valence-electron chi connectivity index (χ2n) is 11.3. The largest absolute Gasteiger partial charge is 0.481 e. The summed E-state index contributed by atoms with van der Waals surface area (Å²) in [7, 11) is 0. The molecule has 2 nitrogen and oxygen atoms in total. The van der Waals surface area contributed by atoms with Gasteiger partial charge >= 0.3 is 5.97 Å². The average molecular weight is 361 g/mol. The number of carbonyl (C=O) groups is 1. The fourth-order valence-corrected chi connectivity index (χ4v) is 9.09. The Morgan fingerprint density at radius 1 is 1.08 bits per heavy atom. The number of hydrogen-bond donors (Lipinski definition) is 1. The van der Waals surface area contributed by atoms with Crippen LogP contribution in [0.3, 0.4) is 0 Å². The molecule has 1 N–H and O–H groups in total. The van der Waals surface area contributed by atoms with Crippen molar-refractivity contribution in [1.29, 1.82) is 0 Å². The van der Waals surface area contributed by atoms with E-state index >= 15 is 0 Å². The molecule has 0 bridgehead atoms. The van der Waals surface area contributed by atoms with E-state index in [1.54, 1.807) is 0 Å². The molecule has 4 saturated carbocycles.